The third-order valence-corrected chi connectivity index (χ3v) is 2.17. The zero-order valence-corrected chi connectivity index (χ0v) is 7.18. The highest BCUT2D eigenvalue weighted by Gasteiger charge is 2.11. The highest BCUT2D eigenvalue weighted by Crippen LogP contribution is 2.23. The van der Waals surface area contributed by atoms with Crippen molar-refractivity contribution in [1.82, 2.24) is 9.55 Å². The van der Waals surface area contributed by atoms with E-state index in [0.29, 0.717) is 17.5 Å². The van der Waals surface area contributed by atoms with Crippen molar-refractivity contribution in [1.29, 1.82) is 0 Å². The predicted molar refractivity (Wildman–Crippen MR) is 41.0 cm³/mol. The average molecular weight is 194 g/mol. The maximum atomic E-state index is 11.9. The Morgan fingerprint density at radius 3 is 2.83 bits per heavy atom. The summed E-state index contributed by atoms with van der Waals surface area (Å²) in [6.45, 7) is -0.187. The molecule has 0 spiro atoms. The molecule has 0 aliphatic carbocycles. The molecule has 68 valence electrons. The third kappa shape index (κ3) is 1.95. The molecular weight excluding hydrogens is 186 g/mol. The molecular formula is C6H8F2N2OS. The fourth-order valence-corrected chi connectivity index (χ4v) is 1.31. The van der Waals surface area contributed by atoms with Crippen LogP contribution in [0.4, 0.5) is 8.78 Å². The lowest BCUT2D eigenvalue weighted by Gasteiger charge is -2.01. The number of aliphatic hydroxyl groups is 1. The molecule has 1 aromatic rings. The highest BCUT2D eigenvalue weighted by atomic mass is 32.2. The molecule has 3 nitrogen and oxygen atoms in total. The molecule has 1 aromatic heterocycles. The number of imidazole rings is 1. The topological polar surface area (TPSA) is 38.0 Å². The van der Waals surface area contributed by atoms with Crippen LogP contribution in [0.5, 0.6) is 0 Å². The van der Waals surface area contributed by atoms with Gasteiger partial charge in [0.05, 0.1) is 18.5 Å². The number of hydrogen-bond acceptors (Lipinski definition) is 3. The Balaban J connectivity index is 2.80. The molecule has 0 fully saturated rings. The van der Waals surface area contributed by atoms with E-state index in [4.69, 9.17) is 5.11 Å². The van der Waals surface area contributed by atoms with Crippen LogP contribution in [-0.4, -0.2) is 20.4 Å². The van der Waals surface area contributed by atoms with Gasteiger partial charge in [0.1, 0.15) is 0 Å². The van der Waals surface area contributed by atoms with Gasteiger partial charge in [0.2, 0.25) is 0 Å². The smallest absolute Gasteiger partial charge is 0.291 e. The van der Waals surface area contributed by atoms with Gasteiger partial charge < -0.3 is 9.67 Å². The molecule has 0 saturated carbocycles. The van der Waals surface area contributed by atoms with Crippen LogP contribution in [0.25, 0.3) is 0 Å². The Morgan fingerprint density at radius 1 is 1.75 bits per heavy atom. The lowest BCUT2D eigenvalue weighted by molar-refractivity contribution is 0.250. The fraction of sp³-hybridized carbons (Fsp3) is 0.500. The van der Waals surface area contributed by atoms with Gasteiger partial charge in [-0.3, -0.25) is 0 Å². The summed E-state index contributed by atoms with van der Waals surface area (Å²) in [5, 5.41) is 8.93. The van der Waals surface area contributed by atoms with Gasteiger partial charge in [-0.05, 0) is 11.8 Å². The van der Waals surface area contributed by atoms with Crippen molar-refractivity contribution < 1.29 is 13.9 Å². The van der Waals surface area contributed by atoms with Gasteiger partial charge in [-0.2, -0.15) is 8.78 Å². The van der Waals surface area contributed by atoms with Gasteiger partial charge in [-0.1, -0.05) is 0 Å². The minimum atomic E-state index is -2.47. The first kappa shape index (κ1) is 9.47. The summed E-state index contributed by atoms with van der Waals surface area (Å²) < 4.78 is 25.2. The first-order valence-corrected chi connectivity index (χ1v) is 4.09. The Morgan fingerprint density at radius 2 is 2.42 bits per heavy atom. The lowest BCUT2D eigenvalue weighted by atomic mass is 10.5. The molecule has 1 N–H and O–H groups in total. The van der Waals surface area contributed by atoms with Crippen molar-refractivity contribution in [3.63, 3.8) is 0 Å². The second-order valence-corrected chi connectivity index (χ2v) is 3.08. The fourth-order valence-electron chi connectivity index (χ4n) is 0.762. The zero-order chi connectivity index (χ0) is 9.14. The van der Waals surface area contributed by atoms with E-state index in [9.17, 15) is 8.78 Å². The summed E-state index contributed by atoms with van der Waals surface area (Å²) in [5.74, 6) is -2.47. The summed E-state index contributed by atoms with van der Waals surface area (Å²) in [5.41, 5.74) is 0.526. The molecule has 0 aliphatic rings. The molecule has 0 radical (unpaired) electrons. The number of aromatic nitrogens is 2. The highest BCUT2D eigenvalue weighted by molar-refractivity contribution is 7.99. The number of halogens is 2. The van der Waals surface area contributed by atoms with E-state index in [-0.39, 0.29) is 11.8 Å². The van der Waals surface area contributed by atoms with E-state index < -0.39 is 5.76 Å². The molecule has 0 unspecified atom stereocenters. The number of nitrogens with zero attached hydrogens (tertiary/aromatic N) is 2. The van der Waals surface area contributed by atoms with Gasteiger partial charge in [-0.15, -0.1) is 0 Å². The maximum Gasteiger partial charge on any atom is 0.291 e. The van der Waals surface area contributed by atoms with E-state index in [1.807, 2.05) is 0 Å². The summed E-state index contributed by atoms with van der Waals surface area (Å²) in [6.07, 6.45) is 1.38. The maximum absolute atomic E-state index is 11.9. The summed E-state index contributed by atoms with van der Waals surface area (Å²) in [6, 6.07) is 0. The van der Waals surface area contributed by atoms with Gasteiger partial charge in [0.15, 0.2) is 5.16 Å². The molecule has 0 bridgehead atoms. The number of thioether (sulfide) groups is 1. The van der Waals surface area contributed by atoms with Crippen molar-refractivity contribution in [3.8, 4) is 0 Å². The second kappa shape index (κ2) is 3.86. The van der Waals surface area contributed by atoms with E-state index in [1.54, 1.807) is 7.05 Å². The molecule has 0 aliphatic heterocycles. The predicted octanol–water partition coefficient (Wildman–Crippen LogP) is 1.23. The van der Waals surface area contributed by atoms with Crippen LogP contribution in [0, 0.1) is 0 Å². The van der Waals surface area contributed by atoms with Crippen LogP contribution < -0.4 is 0 Å². The Hall–Kier alpha value is -0.620. The molecule has 0 saturated heterocycles. The van der Waals surface area contributed by atoms with Crippen LogP contribution in [-0.2, 0) is 13.7 Å². The Bertz CT molecular complexity index is 264. The SMILES string of the molecule is Cn1c(CO)cnc1SC(F)F. The van der Waals surface area contributed by atoms with Gasteiger partial charge >= 0.3 is 0 Å². The Labute approximate surface area is 72.4 Å². The summed E-state index contributed by atoms with van der Waals surface area (Å²) in [4.78, 5) is 3.71. The number of alkyl halides is 2. The van der Waals surface area contributed by atoms with Crippen LogP contribution in [0.1, 0.15) is 5.69 Å². The first-order valence-electron chi connectivity index (χ1n) is 3.21. The number of hydrogen-bond donors (Lipinski definition) is 1. The van der Waals surface area contributed by atoms with Crippen molar-refractivity contribution in [3.05, 3.63) is 11.9 Å². The van der Waals surface area contributed by atoms with Crippen molar-refractivity contribution in [2.75, 3.05) is 0 Å². The summed E-state index contributed by atoms with van der Waals surface area (Å²) >= 11 is 0.369. The Kier molecular flexibility index (Phi) is 3.05. The monoisotopic (exact) mass is 194 g/mol. The van der Waals surface area contributed by atoms with Crippen LogP contribution in [0.3, 0.4) is 0 Å². The van der Waals surface area contributed by atoms with Crippen molar-refractivity contribution >= 4 is 11.8 Å². The van der Waals surface area contributed by atoms with Gasteiger partial charge in [0.25, 0.3) is 5.76 Å². The first-order chi connectivity index (χ1) is 5.65. The molecule has 12 heavy (non-hydrogen) atoms. The van der Waals surface area contributed by atoms with Gasteiger partial charge in [0, 0.05) is 7.05 Å². The minimum Gasteiger partial charge on any atom is -0.390 e. The summed E-state index contributed by atoms with van der Waals surface area (Å²) in [7, 11) is 1.59. The average Bonchev–Trinajstić information content (AvgIpc) is 2.32. The standard InChI is InChI=1S/C6H8F2N2OS/c1-10-4(3-11)2-9-6(10)12-5(7)8/h2,5,11H,3H2,1H3. The van der Waals surface area contributed by atoms with Gasteiger partial charge in [-0.25, -0.2) is 4.98 Å². The van der Waals surface area contributed by atoms with Crippen LogP contribution in [0.2, 0.25) is 0 Å². The minimum absolute atomic E-state index is 0.187. The molecule has 0 amide bonds. The van der Waals surface area contributed by atoms with Crippen LogP contribution >= 0.6 is 11.8 Å². The van der Waals surface area contributed by atoms with E-state index >= 15 is 0 Å². The lowest BCUT2D eigenvalue weighted by Crippen LogP contribution is -1.98. The normalized spacial score (nSPS) is 11.1. The van der Waals surface area contributed by atoms with Crippen molar-refractivity contribution in [2.24, 2.45) is 7.05 Å². The van der Waals surface area contributed by atoms with E-state index in [2.05, 4.69) is 4.98 Å². The number of rotatable bonds is 3. The number of aliphatic hydroxyl groups excluding tert-OH is 1. The molecule has 1 rings (SSSR count). The van der Waals surface area contributed by atoms with E-state index in [1.165, 1.54) is 10.8 Å². The molecule has 0 atom stereocenters. The van der Waals surface area contributed by atoms with Crippen molar-refractivity contribution in [2.45, 2.75) is 17.5 Å². The largest absolute Gasteiger partial charge is 0.390 e. The molecule has 6 heteroatoms. The second-order valence-electron chi connectivity index (χ2n) is 2.13. The van der Waals surface area contributed by atoms with E-state index in [0.717, 1.165) is 0 Å². The zero-order valence-electron chi connectivity index (χ0n) is 6.37. The third-order valence-electron chi connectivity index (χ3n) is 1.40. The molecule has 0 aromatic carbocycles. The van der Waals surface area contributed by atoms with Crippen LogP contribution in [0.15, 0.2) is 11.4 Å². The quantitative estimate of drug-likeness (QED) is 0.735. The molecule has 1 heterocycles.